The molecule has 2 aromatic rings. The largest absolute Gasteiger partial charge is 0.336 e. The first-order chi connectivity index (χ1) is 9.85. The molecule has 6 nitrogen and oxygen atoms in total. The molecule has 0 fully saturated rings. The maximum Gasteiger partial charge on any atom is 0.275 e. The van der Waals surface area contributed by atoms with E-state index in [1.54, 1.807) is 29.9 Å². The maximum atomic E-state index is 12.5. The Balaban J connectivity index is 2.22. The van der Waals surface area contributed by atoms with E-state index in [2.05, 4.69) is 33.1 Å². The van der Waals surface area contributed by atoms with E-state index in [1.807, 2.05) is 18.5 Å². The molecule has 114 valence electrons. The zero-order chi connectivity index (χ0) is 15.7. The number of halogens is 1. The molecule has 21 heavy (non-hydrogen) atoms. The lowest BCUT2D eigenvalue weighted by Gasteiger charge is -2.16. The summed E-state index contributed by atoms with van der Waals surface area (Å²) in [5.74, 6) is -0.106. The Kier molecular flexibility index (Phi) is 4.51. The van der Waals surface area contributed by atoms with E-state index in [-0.39, 0.29) is 5.91 Å². The smallest absolute Gasteiger partial charge is 0.275 e. The van der Waals surface area contributed by atoms with Crippen LogP contribution in [0.15, 0.2) is 10.7 Å². The van der Waals surface area contributed by atoms with E-state index >= 15 is 0 Å². The number of aryl methyl sites for hydroxylation is 3. The van der Waals surface area contributed by atoms with Gasteiger partial charge in [-0.25, -0.2) is 0 Å². The van der Waals surface area contributed by atoms with E-state index in [9.17, 15) is 4.79 Å². The van der Waals surface area contributed by atoms with Crippen LogP contribution in [-0.2, 0) is 20.1 Å². The molecule has 0 spiro atoms. The number of amides is 1. The van der Waals surface area contributed by atoms with E-state index in [0.29, 0.717) is 16.7 Å². The second-order valence-electron chi connectivity index (χ2n) is 5.13. The number of nitrogens with zero attached hydrogens (tertiary/aromatic N) is 5. The molecule has 7 heteroatoms. The summed E-state index contributed by atoms with van der Waals surface area (Å²) in [6, 6.07) is 0. The van der Waals surface area contributed by atoms with Gasteiger partial charge in [0.25, 0.3) is 5.91 Å². The van der Waals surface area contributed by atoms with Gasteiger partial charge < -0.3 is 4.90 Å². The van der Waals surface area contributed by atoms with Crippen LogP contribution in [0.4, 0.5) is 0 Å². The summed E-state index contributed by atoms with van der Waals surface area (Å²) < 4.78 is 4.29. The highest BCUT2D eigenvalue weighted by atomic mass is 79.9. The molecule has 2 rings (SSSR count). The third kappa shape index (κ3) is 3.02. The summed E-state index contributed by atoms with van der Waals surface area (Å²) >= 11 is 3.37. The zero-order valence-corrected chi connectivity index (χ0v) is 14.6. The Morgan fingerprint density at radius 2 is 2.05 bits per heavy atom. The Hall–Kier alpha value is -1.63. The summed E-state index contributed by atoms with van der Waals surface area (Å²) in [6.07, 6.45) is 1.77. The second-order valence-corrected chi connectivity index (χ2v) is 5.98. The van der Waals surface area contributed by atoms with Gasteiger partial charge in [0.15, 0.2) is 5.69 Å². The van der Waals surface area contributed by atoms with E-state index in [0.717, 1.165) is 23.5 Å². The molecule has 2 aromatic heterocycles. The predicted molar refractivity (Wildman–Crippen MR) is 84.1 cm³/mol. The molecular formula is C14H20BrN5O. The molecule has 2 heterocycles. The highest BCUT2D eigenvalue weighted by Gasteiger charge is 2.21. The SMILES string of the molecule is CCn1nc(C)c(CN(C)C(=O)c2nn(C)cc2Br)c1C. The van der Waals surface area contributed by atoms with Gasteiger partial charge in [0.1, 0.15) is 0 Å². The van der Waals surface area contributed by atoms with Crippen molar-refractivity contribution in [1.29, 1.82) is 0 Å². The molecule has 1 amide bonds. The molecule has 0 saturated carbocycles. The lowest BCUT2D eigenvalue weighted by Crippen LogP contribution is -2.27. The topological polar surface area (TPSA) is 56.0 Å². The fraction of sp³-hybridized carbons (Fsp3) is 0.500. The van der Waals surface area contributed by atoms with Crippen LogP contribution in [0.25, 0.3) is 0 Å². The first-order valence-corrected chi connectivity index (χ1v) is 7.61. The Bertz CT molecular complexity index is 673. The summed E-state index contributed by atoms with van der Waals surface area (Å²) in [6.45, 7) is 7.43. The molecule has 0 atom stereocenters. The molecule has 0 aliphatic carbocycles. The van der Waals surface area contributed by atoms with Crippen LogP contribution in [-0.4, -0.2) is 37.4 Å². The molecule has 0 saturated heterocycles. The Morgan fingerprint density at radius 1 is 1.38 bits per heavy atom. The number of hydrogen-bond acceptors (Lipinski definition) is 3. The highest BCUT2D eigenvalue weighted by Crippen LogP contribution is 2.19. The molecule has 0 bridgehead atoms. The highest BCUT2D eigenvalue weighted by molar-refractivity contribution is 9.10. The molecule has 0 radical (unpaired) electrons. The first kappa shape index (κ1) is 15.8. The number of carbonyl (C=O) groups excluding carboxylic acids is 1. The summed E-state index contributed by atoms with van der Waals surface area (Å²) in [7, 11) is 3.58. The second kappa shape index (κ2) is 6.01. The number of aromatic nitrogens is 4. The average molecular weight is 354 g/mol. The van der Waals surface area contributed by atoms with Crippen molar-refractivity contribution in [3.8, 4) is 0 Å². The van der Waals surface area contributed by atoms with Crippen LogP contribution in [0.1, 0.15) is 34.4 Å². The lowest BCUT2D eigenvalue weighted by atomic mass is 10.2. The molecule has 0 aliphatic heterocycles. The van der Waals surface area contributed by atoms with Crippen molar-refractivity contribution in [2.24, 2.45) is 7.05 Å². The van der Waals surface area contributed by atoms with E-state index in [4.69, 9.17) is 0 Å². The van der Waals surface area contributed by atoms with Crippen molar-refractivity contribution >= 4 is 21.8 Å². The van der Waals surface area contributed by atoms with Crippen LogP contribution in [0.2, 0.25) is 0 Å². The van der Waals surface area contributed by atoms with Crippen molar-refractivity contribution in [1.82, 2.24) is 24.5 Å². The normalized spacial score (nSPS) is 11.0. The zero-order valence-electron chi connectivity index (χ0n) is 13.0. The fourth-order valence-electron chi connectivity index (χ4n) is 2.36. The molecule has 0 unspecified atom stereocenters. The third-order valence-corrected chi connectivity index (χ3v) is 4.14. The average Bonchev–Trinajstić information content (AvgIpc) is 2.90. The number of carbonyl (C=O) groups is 1. The minimum Gasteiger partial charge on any atom is -0.336 e. The lowest BCUT2D eigenvalue weighted by molar-refractivity contribution is 0.0777. The monoisotopic (exact) mass is 353 g/mol. The van der Waals surface area contributed by atoms with Crippen molar-refractivity contribution in [3.05, 3.63) is 33.3 Å². The van der Waals surface area contributed by atoms with Crippen molar-refractivity contribution in [3.63, 3.8) is 0 Å². The van der Waals surface area contributed by atoms with Gasteiger partial charge in [0.05, 0.1) is 10.2 Å². The van der Waals surface area contributed by atoms with Gasteiger partial charge in [0.2, 0.25) is 0 Å². The third-order valence-electron chi connectivity index (χ3n) is 3.56. The van der Waals surface area contributed by atoms with Crippen LogP contribution in [0.3, 0.4) is 0 Å². The minimum atomic E-state index is -0.106. The molecule has 0 N–H and O–H groups in total. The summed E-state index contributed by atoms with van der Waals surface area (Å²) in [4.78, 5) is 14.1. The van der Waals surface area contributed by atoms with Crippen LogP contribution in [0, 0.1) is 13.8 Å². The Morgan fingerprint density at radius 3 is 2.52 bits per heavy atom. The van der Waals surface area contributed by atoms with Gasteiger partial charge >= 0.3 is 0 Å². The van der Waals surface area contributed by atoms with Crippen LogP contribution < -0.4 is 0 Å². The summed E-state index contributed by atoms with van der Waals surface area (Å²) in [5.41, 5.74) is 3.60. The molecule has 0 aliphatic rings. The van der Waals surface area contributed by atoms with Gasteiger partial charge in [-0.3, -0.25) is 14.2 Å². The Labute approximate surface area is 132 Å². The standard InChI is InChI=1S/C14H20BrN5O/c1-6-20-10(3)11(9(2)16-20)7-18(4)14(21)13-12(15)8-19(5)17-13/h8H,6-7H2,1-5H3. The molecule has 0 aromatic carbocycles. The van der Waals surface area contributed by atoms with Gasteiger partial charge in [-0.2, -0.15) is 10.2 Å². The van der Waals surface area contributed by atoms with Crippen molar-refractivity contribution in [2.45, 2.75) is 33.9 Å². The predicted octanol–water partition coefficient (Wildman–Crippen LogP) is 2.29. The van der Waals surface area contributed by atoms with Crippen LogP contribution in [0.5, 0.6) is 0 Å². The quantitative estimate of drug-likeness (QED) is 0.847. The number of hydrogen-bond donors (Lipinski definition) is 0. The maximum absolute atomic E-state index is 12.5. The van der Waals surface area contributed by atoms with Crippen molar-refractivity contribution < 1.29 is 4.79 Å². The van der Waals surface area contributed by atoms with Gasteiger partial charge in [-0.15, -0.1) is 0 Å². The summed E-state index contributed by atoms with van der Waals surface area (Å²) in [5, 5.41) is 8.68. The van der Waals surface area contributed by atoms with Gasteiger partial charge in [-0.1, -0.05) is 0 Å². The molecular weight excluding hydrogens is 334 g/mol. The fourth-order valence-corrected chi connectivity index (χ4v) is 2.91. The van der Waals surface area contributed by atoms with Crippen LogP contribution >= 0.6 is 15.9 Å². The van der Waals surface area contributed by atoms with Crippen molar-refractivity contribution in [2.75, 3.05) is 7.05 Å². The van der Waals surface area contributed by atoms with E-state index < -0.39 is 0 Å². The minimum absolute atomic E-state index is 0.106. The van der Waals surface area contributed by atoms with Gasteiger partial charge in [0, 0.05) is 44.6 Å². The first-order valence-electron chi connectivity index (χ1n) is 6.82. The van der Waals surface area contributed by atoms with Gasteiger partial charge in [-0.05, 0) is 36.7 Å². The van der Waals surface area contributed by atoms with E-state index in [1.165, 1.54) is 0 Å². The number of rotatable bonds is 4.